The molecule has 0 bridgehead atoms. The van der Waals surface area contributed by atoms with Crippen LogP contribution < -0.4 is 11.1 Å². The zero-order valence-corrected chi connectivity index (χ0v) is 20.9. The van der Waals surface area contributed by atoms with Gasteiger partial charge < -0.3 is 11.1 Å². The van der Waals surface area contributed by atoms with E-state index in [1.54, 1.807) is 4.68 Å². The Bertz CT molecular complexity index is 669. The van der Waals surface area contributed by atoms with Crippen LogP contribution >= 0.6 is 0 Å². The molecule has 1 aromatic heterocycles. The summed E-state index contributed by atoms with van der Waals surface area (Å²) in [5.74, 6) is 0.929. The third-order valence-corrected chi connectivity index (χ3v) is 6.89. The molecule has 0 aliphatic heterocycles. The third-order valence-electron chi connectivity index (χ3n) is 6.89. The summed E-state index contributed by atoms with van der Waals surface area (Å²) in [6.45, 7) is 3.24. The molecule has 7 nitrogen and oxygen atoms in total. The number of nitrogens with two attached hydrogens (primary N) is 1. The predicted molar refractivity (Wildman–Crippen MR) is 133 cm³/mol. The minimum absolute atomic E-state index is 0.0275. The van der Waals surface area contributed by atoms with Crippen molar-refractivity contribution in [1.29, 1.82) is 0 Å². The minimum atomic E-state index is -0.303. The van der Waals surface area contributed by atoms with E-state index in [-0.39, 0.29) is 11.9 Å². The standard InChI is InChI=1S/C26H47N5O2/c1-22-21-31(30-29-22)24(17-12-13-19-27)26(33)28-20-14-7-5-3-2-4-6-11-18-25(32)23-15-9-8-10-16-23/h21,23-24H,2-20,27H2,1H3,(H,28,33)/t24-/m0/s1. The zero-order chi connectivity index (χ0) is 23.7. The molecule has 1 amide bonds. The highest BCUT2D eigenvalue weighted by Crippen LogP contribution is 2.26. The van der Waals surface area contributed by atoms with Crippen molar-refractivity contribution in [2.75, 3.05) is 13.1 Å². The molecule has 0 spiro atoms. The Morgan fingerprint density at radius 1 is 1.00 bits per heavy atom. The lowest BCUT2D eigenvalue weighted by molar-refractivity contribution is -0.125. The molecular formula is C26H47N5O2. The van der Waals surface area contributed by atoms with Crippen molar-refractivity contribution in [1.82, 2.24) is 20.3 Å². The molecule has 1 aliphatic carbocycles. The van der Waals surface area contributed by atoms with Gasteiger partial charge in [-0.25, -0.2) is 4.68 Å². The SMILES string of the molecule is Cc1cn([C@@H](CCCCN)C(=O)NCCCCCCCCCCC(=O)C2CCCCC2)nn1. The van der Waals surface area contributed by atoms with Gasteiger partial charge in [-0.05, 0) is 58.4 Å². The van der Waals surface area contributed by atoms with Crippen molar-refractivity contribution in [3.05, 3.63) is 11.9 Å². The molecule has 1 heterocycles. The highest BCUT2D eigenvalue weighted by atomic mass is 16.2. The summed E-state index contributed by atoms with van der Waals surface area (Å²) in [6, 6.07) is -0.303. The molecule has 3 N–H and O–H groups in total. The third kappa shape index (κ3) is 11.3. The van der Waals surface area contributed by atoms with Crippen molar-refractivity contribution >= 4 is 11.7 Å². The molecule has 0 radical (unpaired) electrons. The molecule has 7 heteroatoms. The van der Waals surface area contributed by atoms with Crippen molar-refractivity contribution in [3.63, 3.8) is 0 Å². The van der Waals surface area contributed by atoms with Crippen LogP contribution in [0.25, 0.3) is 0 Å². The number of hydrogen-bond acceptors (Lipinski definition) is 5. The highest BCUT2D eigenvalue weighted by molar-refractivity contribution is 5.81. The van der Waals surface area contributed by atoms with Crippen molar-refractivity contribution in [3.8, 4) is 0 Å². The van der Waals surface area contributed by atoms with Crippen LogP contribution in [0.3, 0.4) is 0 Å². The van der Waals surface area contributed by atoms with Gasteiger partial charge >= 0.3 is 0 Å². The smallest absolute Gasteiger partial charge is 0.244 e. The number of aryl methyl sites for hydroxylation is 1. The van der Waals surface area contributed by atoms with Crippen LogP contribution in [-0.4, -0.2) is 39.8 Å². The minimum Gasteiger partial charge on any atom is -0.354 e. The normalized spacial score (nSPS) is 15.5. The number of carbonyl (C=O) groups excluding carboxylic acids is 2. The zero-order valence-electron chi connectivity index (χ0n) is 20.9. The predicted octanol–water partition coefficient (Wildman–Crippen LogP) is 5.03. The summed E-state index contributed by atoms with van der Waals surface area (Å²) in [6.07, 6.45) is 20.6. The van der Waals surface area contributed by atoms with Gasteiger partial charge in [0, 0.05) is 25.1 Å². The maximum Gasteiger partial charge on any atom is 0.244 e. The molecule has 33 heavy (non-hydrogen) atoms. The first-order chi connectivity index (χ1) is 16.1. The lowest BCUT2D eigenvalue weighted by Crippen LogP contribution is -2.33. The average Bonchev–Trinajstić information content (AvgIpc) is 3.26. The lowest BCUT2D eigenvalue weighted by atomic mass is 9.84. The molecule has 0 saturated heterocycles. The van der Waals surface area contributed by atoms with Crippen LogP contribution in [-0.2, 0) is 9.59 Å². The number of Topliss-reactive ketones (excluding diaryl/α,β-unsaturated/α-hetero) is 1. The van der Waals surface area contributed by atoms with Gasteiger partial charge in [-0.3, -0.25) is 9.59 Å². The van der Waals surface area contributed by atoms with Crippen LogP contribution in [0.4, 0.5) is 0 Å². The second kappa shape index (κ2) is 16.8. The van der Waals surface area contributed by atoms with E-state index in [1.807, 2.05) is 13.1 Å². The number of amides is 1. The number of carbonyl (C=O) groups is 2. The molecule has 1 aromatic rings. The van der Waals surface area contributed by atoms with E-state index in [1.165, 1.54) is 51.4 Å². The fourth-order valence-corrected chi connectivity index (χ4v) is 4.83. The monoisotopic (exact) mass is 461 g/mol. The highest BCUT2D eigenvalue weighted by Gasteiger charge is 2.21. The number of nitrogens with one attached hydrogen (secondary N) is 1. The second-order valence-electron chi connectivity index (χ2n) is 9.81. The summed E-state index contributed by atoms with van der Waals surface area (Å²) < 4.78 is 1.68. The Morgan fingerprint density at radius 3 is 2.30 bits per heavy atom. The summed E-state index contributed by atoms with van der Waals surface area (Å²) in [5.41, 5.74) is 6.42. The number of unbranched alkanes of at least 4 members (excludes halogenated alkanes) is 8. The van der Waals surface area contributed by atoms with Gasteiger partial charge in [0.2, 0.25) is 5.91 Å². The second-order valence-corrected chi connectivity index (χ2v) is 9.81. The van der Waals surface area contributed by atoms with E-state index in [0.29, 0.717) is 24.8 Å². The lowest BCUT2D eigenvalue weighted by Gasteiger charge is -2.20. The van der Waals surface area contributed by atoms with Crippen LogP contribution in [0.1, 0.15) is 121 Å². The van der Waals surface area contributed by atoms with Gasteiger partial charge in [0.25, 0.3) is 0 Å². The largest absolute Gasteiger partial charge is 0.354 e. The maximum absolute atomic E-state index is 12.7. The summed E-state index contributed by atoms with van der Waals surface area (Å²) in [5, 5.41) is 11.2. The van der Waals surface area contributed by atoms with E-state index < -0.39 is 0 Å². The van der Waals surface area contributed by atoms with Gasteiger partial charge in [0.1, 0.15) is 11.8 Å². The first-order valence-corrected chi connectivity index (χ1v) is 13.5. The number of aromatic nitrogens is 3. The Morgan fingerprint density at radius 2 is 1.67 bits per heavy atom. The number of hydrogen-bond donors (Lipinski definition) is 2. The fraction of sp³-hybridized carbons (Fsp3) is 0.846. The molecule has 1 fully saturated rings. The van der Waals surface area contributed by atoms with Gasteiger partial charge in [-0.1, -0.05) is 63.0 Å². The molecule has 0 aromatic carbocycles. The Kier molecular flexibility index (Phi) is 14.0. The molecule has 1 aliphatic rings. The first-order valence-electron chi connectivity index (χ1n) is 13.5. The Hall–Kier alpha value is -1.76. The molecular weight excluding hydrogens is 414 g/mol. The summed E-state index contributed by atoms with van der Waals surface area (Å²) in [7, 11) is 0. The molecule has 1 saturated carbocycles. The number of rotatable bonds is 18. The average molecular weight is 462 g/mol. The van der Waals surface area contributed by atoms with Crippen LogP contribution in [0.15, 0.2) is 6.20 Å². The van der Waals surface area contributed by atoms with Crippen molar-refractivity contribution in [2.45, 2.75) is 122 Å². The van der Waals surface area contributed by atoms with Crippen molar-refractivity contribution < 1.29 is 9.59 Å². The molecule has 2 rings (SSSR count). The molecule has 188 valence electrons. The first kappa shape index (κ1) is 27.5. The van der Waals surface area contributed by atoms with E-state index in [2.05, 4.69) is 15.6 Å². The van der Waals surface area contributed by atoms with Crippen LogP contribution in [0, 0.1) is 12.8 Å². The topological polar surface area (TPSA) is 103 Å². The van der Waals surface area contributed by atoms with Gasteiger partial charge in [-0.15, -0.1) is 5.10 Å². The summed E-state index contributed by atoms with van der Waals surface area (Å²) >= 11 is 0. The molecule has 0 unspecified atom stereocenters. The van der Waals surface area contributed by atoms with Gasteiger partial charge in [-0.2, -0.15) is 0 Å². The van der Waals surface area contributed by atoms with E-state index in [9.17, 15) is 9.59 Å². The van der Waals surface area contributed by atoms with E-state index >= 15 is 0 Å². The number of ketones is 1. The van der Waals surface area contributed by atoms with Crippen molar-refractivity contribution in [2.24, 2.45) is 11.7 Å². The van der Waals surface area contributed by atoms with Gasteiger partial charge in [0.05, 0.1) is 5.69 Å². The Labute approximate surface area is 200 Å². The maximum atomic E-state index is 12.7. The fourth-order valence-electron chi connectivity index (χ4n) is 4.83. The Balaban J connectivity index is 1.47. The van der Waals surface area contributed by atoms with Gasteiger partial charge in [0.15, 0.2) is 0 Å². The summed E-state index contributed by atoms with van der Waals surface area (Å²) in [4.78, 5) is 24.9. The van der Waals surface area contributed by atoms with E-state index in [4.69, 9.17) is 5.73 Å². The van der Waals surface area contributed by atoms with Crippen LogP contribution in [0.5, 0.6) is 0 Å². The quantitative estimate of drug-likeness (QED) is 0.298. The van der Waals surface area contributed by atoms with E-state index in [0.717, 1.165) is 63.5 Å². The van der Waals surface area contributed by atoms with Crippen LogP contribution in [0.2, 0.25) is 0 Å². The number of nitrogens with zero attached hydrogens (tertiary/aromatic N) is 3. The molecule has 1 atom stereocenters.